The van der Waals surface area contributed by atoms with E-state index in [9.17, 15) is 9.59 Å². The molecule has 6 heteroatoms. The highest BCUT2D eigenvalue weighted by Gasteiger charge is 2.22. The highest BCUT2D eigenvalue weighted by atomic mass is 16.5. The van der Waals surface area contributed by atoms with Crippen LogP contribution in [0.5, 0.6) is 0 Å². The molecule has 148 valence electrons. The van der Waals surface area contributed by atoms with Crippen LogP contribution in [0, 0.1) is 13.8 Å². The molecule has 0 spiro atoms. The Morgan fingerprint density at radius 2 is 1.89 bits per heavy atom. The van der Waals surface area contributed by atoms with Crippen LogP contribution in [0.25, 0.3) is 11.8 Å². The maximum absolute atomic E-state index is 12.2. The lowest BCUT2D eigenvalue weighted by molar-refractivity contribution is -0.150. The molecule has 0 unspecified atom stereocenters. The van der Waals surface area contributed by atoms with Gasteiger partial charge in [-0.2, -0.15) is 5.10 Å². The van der Waals surface area contributed by atoms with E-state index in [1.54, 1.807) is 13.0 Å². The van der Waals surface area contributed by atoms with Crippen LogP contribution in [0.15, 0.2) is 36.4 Å². The van der Waals surface area contributed by atoms with E-state index in [4.69, 9.17) is 4.74 Å². The van der Waals surface area contributed by atoms with Gasteiger partial charge in [0.15, 0.2) is 6.10 Å². The van der Waals surface area contributed by atoms with Crippen LogP contribution in [-0.2, 0) is 14.3 Å². The van der Waals surface area contributed by atoms with Gasteiger partial charge >= 0.3 is 5.97 Å². The zero-order chi connectivity index (χ0) is 20.1. The SMILES string of the molecule is Cc1nn(-c2ccccc2)c(C)c1/C=C/C(=O)O[C@H](C)C(=O)NC1CCCC1. The van der Waals surface area contributed by atoms with Crippen molar-refractivity contribution in [3.8, 4) is 5.69 Å². The van der Waals surface area contributed by atoms with Crippen molar-refractivity contribution in [3.05, 3.63) is 53.4 Å². The lowest BCUT2D eigenvalue weighted by Gasteiger charge is -2.16. The van der Waals surface area contributed by atoms with E-state index in [1.165, 1.54) is 6.08 Å². The van der Waals surface area contributed by atoms with Crippen molar-refractivity contribution in [3.63, 3.8) is 0 Å². The van der Waals surface area contributed by atoms with Gasteiger partial charge in [-0.1, -0.05) is 31.0 Å². The number of ether oxygens (including phenoxy) is 1. The fraction of sp³-hybridized carbons (Fsp3) is 0.409. The quantitative estimate of drug-likeness (QED) is 0.614. The van der Waals surface area contributed by atoms with Crippen molar-refractivity contribution in [2.45, 2.75) is 58.6 Å². The van der Waals surface area contributed by atoms with Crippen LogP contribution in [-0.4, -0.2) is 33.8 Å². The summed E-state index contributed by atoms with van der Waals surface area (Å²) in [6, 6.07) is 10.0. The van der Waals surface area contributed by atoms with Gasteiger partial charge < -0.3 is 10.1 Å². The van der Waals surface area contributed by atoms with Gasteiger partial charge in [0.2, 0.25) is 0 Å². The van der Waals surface area contributed by atoms with Crippen LogP contribution < -0.4 is 5.32 Å². The normalized spacial score (nSPS) is 15.7. The number of nitrogens with one attached hydrogen (secondary N) is 1. The molecule has 1 aliphatic rings. The van der Waals surface area contributed by atoms with Gasteiger partial charge in [0.25, 0.3) is 5.91 Å². The van der Waals surface area contributed by atoms with Gasteiger partial charge in [-0.3, -0.25) is 4.79 Å². The standard InChI is InChI=1S/C22H27N3O3/c1-15-20(16(2)25(24-15)19-11-5-4-6-12-19)13-14-21(26)28-17(3)22(27)23-18-9-7-8-10-18/h4-6,11-14,17-18H,7-10H2,1-3H3,(H,23,27)/b14-13+/t17-/m1/s1. The number of carbonyl (C=O) groups excluding carboxylic acids is 2. The first-order chi connectivity index (χ1) is 13.5. The predicted octanol–water partition coefficient (Wildman–Crippen LogP) is 3.49. The lowest BCUT2D eigenvalue weighted by atomic mass is 10.2. The summed E-state index contributed by atoms with van der Waals surface area (Å²) in [5.74, 6) is -0.779. The summed E-state index contributed by atoms with van der Waals surface area (Å²) in [5, 5.41) is 7.50. The van der Waals surface area contributed by atoms with E-state index in [0.29, 0.717) is 0 Å². The Balaban J connectivity index is 1.62. The van der Waals surface area contributed by atoms with Crippen molar-refractivity contribution in [1.29, 1.82) is 0 Å². The van der Waals surface area contributed by atoms with Crippen molar-refractivity contribution in [1.82, 2.24) is 15.1 Å². The van der Waals surface area contributed by atoms with E-state index in [0.717, 1.165) is 48.3 Å². The first-order valence-electron chi connectivity index (χ1n) is 9.76. The maximum Gasteiger partial charge on any atom is 0.331 e. The number of hydrogen-bond acceptors (Lipinski definition) is 4. The molecule has 1 heterocycles. The average molecular weight is 381 g/mol. The summed E-state index contributed by atoms with van der Waals surface area (Å²) in [6.45, 7) is 5.45. The van der Waals surface area contributed by atoms with Crippen molar-refractivity contribution in [2.24, 2.45) is 0 Å². The molecule has 1 aromatic carbocycles. The second-order valence-corrected chi connectivity index (χ2v) is 7.23. The molecule has 1 amide bonds. The van der Waals surface area contributed by atoms with Crippen LogP contribution in [0.1, 0.15) is 49.6 Å². The van der Waals surface area contributed by atoms with Crippen LogP contribution in [0.4, 0.5) is 0 Å². The molecule has 2 aromatic rings. The number of para-hydroxylation sites is 1. The highest BCUT2D eigenvalue weighted by Crippen LogP contribution is 2.19. The molecular weight excluding hydrogens is 354 g/mol. The van der Waals surface area contributed by atoms with Crippen LogP contribution in [0.2, 0.25) is 0 Å². The Bertz CT molecular complexity index is 865. The molecular formula is C22H27N3O3. The van der Waals surface area contributed by atoms with Gasteiger partial charge in [0, 0.05) is 23.4 Å². The third-order valence-electron chi connectivity index (χ3n) is 5.10. The molecule has 0 aliphatic heterocycles. The molecule has 1 saturated carbocycles. The van der Waals surface area contributed by atoms with Gasteiger partial charge in [-0.15, -0.1) is 0 Å². The predicted molar refractivity (Wildman–Crippen MR) is 108 cm³/mol. The van der Waals surface area contributed by atoms with E-state index in [-0.39, 0.29) is 11.9 Å². The number of aromatic nitrogens is 2. The molecule has 6 nitrogen and oxygen atoms in total. The van der Waals surface area contributed by atoms with E-state index >= 15 is 0 Å². The van der Waals surface area contributed by atoms with Crippen LogP contribution >= 0.6 is 0 Å². The van der Waals surface area contributed by atoms with Crippen molar-refractivity contribution in [2.75, 3.05) is 0 Å². The molecule has 1 atom stereocenters. The molecule has 1 fully saturated rings. The summed E-state index contributed by atoms with van der Waals surface area (Å²) in [6.07, 6.45) is 6.50. The second kappa shape index (κ2) is 8.87. The summed E-state index contributed by atoms with van der Waals surface area (Å²) in [4.78, 5) is 24.3. The van der Waals surface area contributed by atoms with E-state index in [2.05, 4.69) is 10.4 Å². The molecule has 1 N–H and O–H groups in total. The Kier molecular flexibility index (Phi) is 6.29. The molecule has 0 saturated heterocycles. The largest absolute Gasteiger partial charge is 0.449 e. The number of rotatable bonds is 6. The second-order valence-electron chi connectivity index (χ2n) is 7.23. The van der Waals surface area contributed by atoms with Crippen LogP contribution in [0.3, 0.4) is 0 Å². The van der Waals surface area contributed by atoms with E-state index < -0.39 is 12.1 Å². The molecule has 1 aromatic heterocycles. The number of esters is 1. The number of amides is 1. The smallest absolute Gasteiger partial charge is 0.331 e. The Morgan fingerprint density at radius 1 is 1.21 bits per heavy atom. The van der Waals surface area contributed by atoms with Crippen molar-refractivity contribution < 1.29 is 14.3 Å². The van der Waals surface area contributed by atoms with Gasteiger partial charge in [-0.05, 0) is 51.8 Å². The fourth-order valence-electron chi connectivity index (χ4n) is 3.52. The molecule has 1 aliphatic carbocycles. The van der Waals surface area contributed by atoms with E-state index in [1.807, 2.05) is 48.9 Å². The number of aryl methyl sites for hydroxylation is 1. The minimum Gasteiger partial charge on any atom is -0.449 e. The highest BCUT2D eigenvalue weighted by molar-refractivity contribution is 5.90. The monoisotopic (exact) mass is 381 g/mol. The average Bonchev–Trinajstić information content (AvgIpc) is 3.29. The first-order valence-corrected chi connectivity index (χ1v) is 9.76. The minimum absolute atomic E-state index is 0.207. The first kappa shape index (κ1) is 19.9. The number of benzene rings is 1. The summed E-state index contributed by atoms with van der Waals surface area (Å²) in [5.41, 5.74) is 3.57. The minimum atomic E-state index is -0.813. The molecule has 0 bridgehead atoms. The Morgan fingerprint density at radius 3 is 2.57 bits per heavy atom. The zero-order valence-corrected chi connectivity index (χ0v) is 16.6. The van der Waals surface area contributed by atoms with Crippen molar-refractivity contribution >= 4 is 18.0 Å². The topological polar surface area (TPSA) is 73.2 Å². The maximum atomic E-state index is 12.2. The lowest BCUT2D eigenvalue weighted by Crippen LogP contribution is -2.40. The number of nitrogens with zero attached hydrogens (tertiary/aromatic N) is 2. The molecule has 28 heavy (non-hydrogen) atoms. The third kappa shape index (κ3) is 4.68. The number of carbonyl (C=O) groups is 2. The zero-order valence-electron chi connectivity index (χ0n) is 16.6. The van der Waals surface area contributed by atoms with Gasteiger partial charge in [0.05, 0.1) is 11.4 Å². The fourth-order valence-corrected chi connectivity index (χ4v) is 3.52. The Hall–Kier alpha value is -2.89. The summed E-state index contributed by atoms with van der Waals surface area (Å²) in [7, 11) is 0. The Labute approximate surface area is 165 Å². The molecule has 0 radical (unpaired) electrons. The third-order valence-corrected chi connectivity index (χ3v) is 5.10. The summed E-state index contributed by atoms with van der Waals surface area (Å²) >= 11 is 0. The number of hydrogen-bond donors (Lipinski definition) is 1. The summed E-state index contributed by atoms with van der Waals surface area (Å²) < 4.78 is 7.10. The molecule has 3 rings (SSSR count). The van der Waals surface area contributed by atoms with Gasteiger partial charge in [0.1, 0.15) is 0 Å². The van der Waals surface area contributed by atoms with Gasteiger partial charge in [-0.25, -0.2) is 9.48 Å².